The number of sulfonamides is 1. The average molecular weight is 229 g/mol. The Morgan fingerprint density at radius 3 is 2.36 bits per heavy atom. The number of rotatable bonds is 6. The highest BCUT2D eigenvalue weighted by atomic mass is 32.2. The molecule has 0 heterocycles. The fraction of sp³-hybridized carbons (Fsp3) is 0.833. The summed E-state index contributed by atoms with van der Waals surface area (Å²) in [5.74, 6) is -3.65. The smallest absolute Gasteiger partial charge is 0.350 e. The van der Waals surface area contributed by atoms with Crippen molar-refractivity contribution in [2.24, 2.45) is 5.73 Å². The fourth-order valence-electron chi connectivity index (χ4n) is 0.823. The van der Waals surface area contributed by atoms with E-state index in [9.17, 15) is 17.2 Å². The van der Waals surface area contributed by atoms with Gasteiger partial charge >= 0.3 is 5.76 Å². The third-order valence-electron chi connectivity index (χ3n) is 1.57. The molecule has 0 saturated heterocycles. The van der Waals surface area contributed by atoms with Crippen LogP contribution in [0.15, 0.2) is 0 Å². The molecular formula is C6H13F2N3O2S. The van der Waals surface area contributed by atoms with Gasteiger partial charge in [0.15, 0.2) is 0 Å². The third-order valence-corrected chi connectivity index (χ3v) is 3.18. The maximum absolute atomic E-state index is 12.1. The molecule has 0 rings (SSSR count). The van der Waals surface area contributed by atoms with Crippen LogP contribution < -0.4 is 5.73 Å². The van der Waals surface area contributed by atoms with Gasteiger partial charge in [0.2, 0.25) is 0 Å². The van der Waals surface area contributed by atoms with Crippen molar-refractivity contribution in [3.8, 4) is 0 Å². The van der Waals surface area contributed by atoms with Crippen LogP contribution >= 0.6 is 0 Å². The van der Waals surface area contributed by atoms with Crippen LogP contribution in [0.2, 0.25) is 0 Å². The summed E-state index contributed by atoms with van der Waals surface area (Å²) in [6.45, 7) is 1.21. The highest BCUT2D eigenvalue weighted by Crippen LogP contribution is 2.11. The lowest BCUT2D eigenvalue weighted by atomic mass is 10.4. The van der Waals surface area contributed by atoms with Crippen LogP contribution in [-0.4, -0.2) is 37.4 Å². The predicted molar refractivity (Wildman–Crippen MR) is 48.7 cm³/mol. The van der Waals surface area contributed by atoms with Crippen molar-refractivity contribution in [1.29, 1.82) is 5.41 Å². The molecule has 0 aromatic rings. The molecule has 0 amide bonds. The lowest BCUT2D eigenvalue weighted by Gasteiger charge is -2.19. The quantitative estimate of drug-likeness (QED) is 0.503. The molecule has 0 bridgehead atoms. The summed E-state index contributed by atoms with van der Waals surface area (Å²) in [7, 11) is -4.54. The molecule has 0 fully saturated rings. The molecule has 0 aromatic heterocycles. The number of nitrogens with one attached hydrogen (secondary N) is 1. The van der Waals surface area contributed by atoms with Crippen molar-refractivity contribution in [1.82, 2.24) is 4.31 Å². The van der Waals surface area contributed by atoms with Gasteiger partial charge in [-0.15, -0.1) is 0 Å². The van der Waals surface area contributed by atoms with Crippen LogP contribution in [0.25, 0.3) is 0 Å². The van der Waals surface area contributed by atoms with Crippen LogP contribution in [0.1, 0.15) is 13.3 Å². The maximum Gasteiger partial charge on any atom is 0.350 e. The summed E-state index contributed by atoms with van der Waals surface area (Å²) >= 11 is 0. The summed E-state index contributed by atoms with van der Waals surface area (Å²) in [4.78, 5) is 0. The van der Waals surface area contributed by atoms with Gasteiger partial charge in [0.25, 0.3) is 10.0 Å². The van der Waals surface area contributed by atoms with Crippen LogP contribution in [0.5, 0.6) is 0 Å². The number of halogens is 2. The Morgan fingerprint density at radius 1 is 1.57 bits per heavy atom. The first kappa shape index (κ1) is 13.2. The van der Waals surface area contributed by atoms with E-state index in [1.807, 2.05) is 0 Å². The van der Waals surface area contributed by atoms with Gasteiger partial charge in [-0.2, -0.15) is 13.1 Å². The van der Waals surface area contributed by atoms with E-state index in [4.69, 9.17) is 11.1 Å². The molecule has 0 radical (unpaired) electrons. The van der Waals surface area contributed by atoms with E-state index in [1.165, 1.54) is 6.92 Å². The Kier molecular flexibility index (Phi) is 4.92. The summed E-state index contributed by atoms with van der Waals surface area (Å²) in [6.07, 6.45) is -0.0419. The third kappa shape index (κ3) is 3.54. The number of hydrogen-bond acceptors (Lipinski definition) is 3. The van der Waals surface area contributed by atoms with Crippen molar-refractivity contribution in [3.63, 3.8) is 0 Å². The van der Waals surface area contributed by atoms with E-state index < -0.39 is 15.8 Å². The van der Waals surface area contributed by atoms with Crippen LogP contribution in [-0.2, 0) is 10.0 Å². The second-order valence-corrected chi connectivity index (χ2v) is 4.48. The minimum absolute atomic E-state index is 0.0419. The molecule has 3 N–H and O–H groups in total. The van der Waals surface area contributed by atoms with E-state index in [1.54, 1.807) is 0 Å². The topological polar surface area (TPSA) is 87.2 Å². The first-order valence-corrected chi connectivity index (χ1v) is 5.42. The van der Waals surface area contributed by atoms with Crippen LogP contribution in [0.3, 0.4) is 0 Å². The van der Waals surface area contributed by atoms with E-state index in [0.717, 1.165) is 0 Å². The molecule has 0 atom stereocenters. The van der Waals surface area contributed by atoms with Gasteiger partial charge in [-0.25, -0.2) is 8.42 Å². The van der Waals surface area contributed by atoms with E-state index in [-0.39, 0.29) is 25.3 Å². The summed E-state index contributed by atoms with van der Waals surface area (Å²) < 4.78 is 46.6. The zero-order valence-electron chi connectivity index (χ0n) is 7.70. The largest absolute Gasteiger partial charge is 0.388 e. The first-order valence-electron chi connectivity index (χ1n) is 3.92. The SMILES string of the molecule is CCN(CCC(=N)N)S(=O)(=O)C(F)F. The lowest BCUT2D eigenvalue weighted by molar-refractivity contribution is 0.220. The van der Waals surface area contributed by atoms with Crippen molar-refractivity contribution >= 4 is 15.9 Å². The van der Waals surface area contributed by atoms with Crippen molar-refractivity contribution in [2.45, 2.75) is 19.1 Å². The Labute approximate surface area is 81.4 Å². The van der Waals surface area contributed by atoms with Crippen LogP contribution in [0, 0.1) is 5.41 Å². The molecule has 8 heteroatoms. The second-order valence-electron chi connectivity index (χ2n) is 2.57. The summed E-state index contributed by atoms with van der Waals surface area (Å²) in [6, 6.07) is 0. The van der Waals surface area contributed by atoms with Gasteiger partial charge in [0, 0.05) is 19.5 Å². The molecular weight excluding hydrogens is 216 g/mol. The highest BCUT2D eigenvalue weighted by Gasteiger charge is 2.30. The average Bonchev–Trinajstić information content (AvgIpc) is 2.04. The Morgan fingerprint density at radius 2 is 2.07 bits per heavy atom. The standard InChI is InChI=1S/C6H13F2N3O2S/c1-2-11(4-3-5(9)10)14(12,13)6(7)8/h6H,2-4H2,1H3,(H3,9,10). The van der Waals surface area contributed by atoms with Crippen LogP contribution in [0.4, 0.5) is 8.78 Å². The number of nitrogens with zero attached hydrogens (tertiary/aromatic N) is 1. The Bertz CT molecular complexity index is 291. The zero-order chi connectivity index (χ0) is 11.4. The molecule has 0 aromatic carbocycles. The minimum Gasteiger partial charge on any atom is -0.388 e. The van der Waals surface area contributed by atoms with Crippen molar-refractivity contribution in [3.05, 3.63) is 0 Å². The lowest BCUT2D eigenvalue weighted by Crippen LogP contribution is -2.37. The fourth-order valence-corrected chi connectivity index (χ4v) is 1.75. The van der Waals surface area contributed by atoms with Gasteiger partial charge in [-0.05, 0) is 0 Å². The van der Waals surface area contributed by atoms with Crippen molar-refractivity contribution < 1.29 is 17.2 Å². The zero-order valence-corrected chi connectivity index (χ0v) is 8.52. The number of alkyl halides is 2. The van der Waals surface area contributed by atoms with Gasteiger partial charge in [0.05, 0.1) is 5.84 Å². The number of hydrogen-bond donors (Lipinski definition) is 2. The summed E-state index contributed by atoms with van der Waals surface area (Å²) in [5.41, 5.74) is 4.99. The molecule has 5 nitrogen and oxygen atoms in total. The van der Waals surface area contributed by atoms with Gasteiger partial charge in [-0.3, -0.25) is 5.41 Å². The maximum atomic E-state index is 12.1. The predicted octanol–water partition coefficient (Wildman–Crippen LogP) is 0.187. The molecule has 0 aliphatic carbocycles. The molecule has 0 unspecified atom stereocenters. The highest BCUT2D eigenvalue weighted by molar-refractivity contribution is 7.89. The minimum atomic E-state index is -4.54. The first-order chi connectivity index (χ1) is 6.32. The second kappa shape index (κ2) is 5.20. The van der Waals surface area contributed by atoms with Gasteiger partial charge in [0.1, 0.15) is 0 Å². The normalized spacial score (nSPS) is 12.4. The van der Waals surface area contributed by atoms with Crippen molar-refractivity contribution in [2.75, 3.05) is 13.1 Å². The van der Waals surface area contributed by atoms with E-state index >= 15 is 0 Å². The van der Waals surface area contributed by atoms with E-state index in [2.05, 4.69) is 0 Å². The molecule has 0 aliphatic heterocycles. The van der Waals surface area contributed by atoms with E-state index in [0.29, 0.717) is 4.31 Å². The molecule has 0 saturated carbocycles. The Hall–Kier alpha value is -0.760. The molecule has 0 aliphatic rings. The van der Waals surface area contributed by atoms with Gasteiger partial charge in [-0.1, -0.05) is 6.92 Å². The molecule has 0 spiro atoms. The summed E-state index contributed by atoms with van der Waals surface area (Å²) in [5, 5.41) is 6.84. The number of amidine groups is 1. The number of nitrogens with two attached hydrogens (primary N) is 1. The monoisotopic (exact) mass is 229 g/mol. The molecule has 14 heavy (non-hydrogen) atoms. The van der Waals surface area contributed by atoms with Gasteiger partial charge < -0.3 is 5.73 Å². The Balaban J connectivity index is 4.49. The molecule has 84 valence electrons.